The molecule has 1 atom stereocenters. The Morgan fingerprint density at radius 1 is 1.42 bits per heavy atom. The minimum absolute atomic E-state index is 0.0618. The molecule has 2 aromatic heterocycles. The van der Waals surface area contributed by atoms with Gasteiger partial charge in [-0.2, -0.15) is 5.26 Å². The first-order valence-corrected chi connectivity index (χ1v) is 10.9. The molecular formula is C19H22N4OS2. The zero-order chi connectivity index (χ0) is 18.1. The molecule has 2 aliphatic rings. The van der Waals surface area contributed by atoms with Gasteiger partial charge in [-0.05, 0) is 51.0 Å². The van der Waals surface area contributed by atoms with Crippen molar-refractivity contribution < 1.29 is 4.79 Å². The molecule has 5 nitrogen and oxygen atoms in total. The standard InChI is InChI=1S/C19H22N4OS2/c1-12(25-19-21-9-10-23(19)13-7-8-13)17(24)22-18-15(11-20)14-5-3-2-4-6-16(14)26-18/h9-10,12-13H,2-8H2,1H3,(H,22,24). The van der Waals surface area contributed by atoms with Crippen molar-refractivity contribution in [1.29, 1.82) is 5.26 Å². The predicted molar refractivity (Wildman–Crippen MR) is 105 cm³/mol. The number of rotatable bonds is 5. The summed E-state index contributed by atoms with van der Waals surface area (Å²) in [5.74, 6) is -0.0618. The summed E-state index contributed by atoms with van der Waals surface area (Å²) in [5, 5.41) is 14.0. The number of aromatic nitrogens is 2. The van der Waals surface area contributed by atoms with Crippen molar-refractivity contribution >= 4 is 34.0 Å². The van der Waals surface area contributed by atoms with E-state index in [-0.39, 0.29) is 11.2 Å². The summed E-state index contributed by atoms with van der Waals surface area (Å²) in [6.07, 6.45) is 11.7. The molecule has 1 N–H and O–H groups in total. The van der Waals surface area contributed by atoms with Gasteiger partial charge in [0.1, 0.15) is 11.1 Å². The number of imidazole rings is 1. The van der Waals surface area contributed by atoms with E-state index in [0.717, 1.165) is 35.0 Å². The lowest BCUT2D eigenvalue weighted by Gasteiger charge is -2.12. The van der Waals surface area contributed by atoms with Gasteiger partial charge in [0.15, 0.2) is 5.16 Å². The molecule has 0 aromatic carbocycles. The minimum Gasteiger partial charge on any atom is -0.323 e. The van der Waals surface area contributed by atoms with Gasteiger partial charge in [0.25, 0.3) is 0 Å². The van der Waals surface area contributed by atoms with Crippen LogP contribution in [-0.4, -0.2) is 20.7 Å². The van der Waals surface area contributed by atoms with E-state index in [1.807, 2.05) is 13.1 Å². The number of nitriles is 1. The average molecular weight is 387 g/mol. The number of hydrogen-bond acceptors (Lipinski definition) is 5. The van der Waals surface area contributed by atoms with E-state index in [9.17, 15) is 10.1 Å². The molecule has 1 saturated carbocycles. The Balaban J connectivity index is 1.47. The van der Waals surface area contributed by atoms with E-state index in [1.165, 1.54) is 42.3 Å². The van der Waals surface area contributed by atoms with Crippen LogP contribution in [-0.2, 0) is 17.6 Å². The quantitative estimate of drug-likeness (QED) is 0.605. The van der Waals surface area contributed by atoms with Crippen molar-refractivity contribution in [2.24, 2.45) is 0 Å². The van der Waals surface area contributed by atoms with E-state index in [2.05, 4.69) is 20.9 Å². The zero-order valence-corrected chi connectivity index (χ0v) is 16.5. The van der Waals surface area contributed by atoms with Crippen molar-refractivity contribution in [3.63, 3.8) is 0 Å². The topological polar surface area (TPSA) is 70.7 Å². The molecule has 4 rings (SSSR count). The first-order chi connectivity index (χ1) is 12.7. The number of carbonyl (C=O) groups is 1. The van der Waals surface area contributed by atoms with E-state index < -0.39 is 0 Å². The van der Waals surface area contributed by atoms with Crippen LogP contribution in [0, 0.1) is 11.3 Å². The molecule has 0 radical (unpaired) electrons. The maximum atomic E-state index is 12.7. The normalized spacial score (nSPS) is 17.8. The number of nitrogens with one attached hydrogen (secondary N) is 1. The van der Waals surface area contributed by atoms with Gasteiger partial charge >= 0.3 is 0 Å². The molecule has 0 saturated heterocycles. The number of carbonyl (C=O) groups excluding carboxylic acids is 1. The lowest BCUT2D eigenvalue weighted by Crippen LogP contribution is -2.22. The summed E-state index contributed by atoms with van der Waals surface area (Å²) in [4.78, 5) is 18.4. The average Bonchev–Trinajstić information content (AvgIpc) is 3.35. The monoisotopic (exact) mass is 386 g/mol. The summed E-state index contributed by atoms with van der Waals surface area (Å²) in [5.41, 5.74) is 1.84. The Kier molecular flexibility index (Phi) is 5.05. The Bertz CT molecular complexity index is 860. The smallest absolute Gasteiger partial charge is 0.238 e. The fraction of sp³-hybridized carbons (Fsp3) is 0.526. The summed E-state index contributed by atoms with van der Waals surface area (Å²) in [7, 11) is 0. The first kappa shape index (κ1) is 17.6. The second-order valence-electron chi connectivity index (χ2n) is 6.98. The van der Waals surface area contributed by atoms with Crippen molar-refractivity contribution in [3.8, 4) is 6.07 Å². The first-order valence-electron chi connectivity index (χ1n) is 9.22. The fourth-order valence-electron chi connectivity index (χ4n) is 3.40. The number of hydrogen-bond donors (Lipinski definition) is 1. The third-order valence-corrected chi connectivity index (χ3v) is 7.30. The molecule has 2 heterocycles. The minimum atomic E-state index is -0.261. The van der Waals surface area contributed by atoms with Crippen molar-refractivity contribution in [3.05, 3.63) is 28.4 Å². The highest BCUT2D eigenvalue weighted by Gasteiger charge is 2.28. The van der Waals surface area contributed by atoms with Gasteiger partial charge in [-0.1, -0.05) is 18.2 Å². The van der Waals surface area contributed by atoms with E-state index in [0.29, 0.717) is 11.6 Å². The van der Waals surface area contributed by atoms with Gasteiger partial charge in [0.05, 0.1) is 10.8 Å². The highest BCUT2D eigenvalue weighted by Crippen LogP contribution is 2.39. The fourth-order valence-corrected chi connectivity index (χ4v) is 5.57. The maximum Gasteiger partial charge on any atom is 0.238 e. The maximum absolute atomic E-state index is 12.7. The Morgan fingerprint density at radius 3 is 3.00 bits per heavy atom. The van der Waals surface area contributed by atoms with E-state index >= 15 is 0 Å². The third-order valence-electron chi connectivity index (χ3n) is 4.99. The molecule has 1 unspecified atom stereocenters. The molecule has 26 heavy (non-hydrogen) atoms. The summed E-state index contributed by atoms with van der Waals surface area (Å²) in [6, 6.07) is 2.88. The number of amides is 1. The number of nitrogens with zero attached hydrogens (tertiary/aromatic N) is 3. The molecule has 7 heteroatoms. The molecule has 0 bridgehead atoms. The predicted octanol–water partition coefficient (Wildman–Crippen LogP) is 4.54. The van der Waals surface area contributed by atoms with E-state index in [1.54, 1.807) is 17.5 Å². The van der Waals surface area contributed by atoms with Crippen LogP contribution in [0.3, 0.4) is 0 Å². The van der Waals surface area contributed by atoms with Gasteiger partial charge in [0, 0.05) is 23.3 Å². The lowest BCUT2D eigenvalue weighted by atomic mass is 10.1. The van der Waals surface area contributed by atoms with Crippen molar-refractivity contribution in [2.45, 2.75) is 68.3 Å². The third kappa shape index (κ3) is 3.53. The van der Waals surface area contributed by atoms with Crippen LogP contribution >= 0.6 is 23.1 Å². The Morgan fingerprint density at radius 2 is 2.23 bits per heavy atom. The number of thiophene rings is 1. The number of thioether (sulfide) groups is 1. The van der Waals surface area contributed by atoms with Crippen LogP contribution in [0.1, 0.15) is 61.1 Å². The lowest BCUT2D eigenvalue weighted by molar-refractivity contribution is -0.115. The molecule has 136 valence electrons. The summed E-state index contributed by atoms with van der Waals surface area (Å²) >= 11 is 3.07. The molecule has 2 aliphatic carbocycles. The van der Waals surface area contributed by atoms with Crippen LogP contribution in [0.25, 0.3) is 0 Å². The largest absolute Gasteiger partial charge is 0.323 e. The molecule has 1 fully saturated rings. The molecule has 1 amide bonds. The van der Waals surface area contributed by atoms with Gasteiger partial charge in [-0.25, -0.2) is 4.98 Å². The summed E-state index contributed by atoms with van der Waals surface area (Å²) in [6.45, 7) is 1.90. The molecular weight excluding hydrogens is 364 g/mol. The zero-order valence-electron chi connectivity index (χ0n) is 14.8. The highest BCUT2D eigenvalue weighted by atomic mass is 32.2. The number of anilines is 1. The second kappa shape index (κ2) is 7.45. The van der Waals surface area contributed by atoms with Crippen LogP contribution in [0.2, 0.25) is 0 Å². The van der Waals surface area contributed by atoms with Crippen LogP contribution in [0.4, 0.5) is 5.00 Å². The molecule has 0 spiro atoms. The molecule has 0 aliphatic heterocycles. The van der Waals surface area contributed by atoms with Crippen LogP contribution < -0.4 is 5.32 Å². The van der Waals surface area contributed by atoms with Gasteiger partial charge < -0.3 is 9.88 Å². The highest BCUT2D eigenvalue weighted by molar-refractivity contribution is 8.00. The Labute approximate surface area is 161 Å². The van der Waals surface area contributed by atoms with Gasteiger partial charge in [0.2, 0.25) is 5.91 Å². The van der Waals surface area contributed by atoms with Crippen LogP contribution in [0.15, 0.2) is 17.6 Å². The Hall–Kier alpha value is -1.78. The van der Waals surface area contributed by atoms with Gasteiger partial charge in [-0.3, -0.25) is 4.79 Å². The SMILES string of the molecule is CC(Sc1nccn1C1CC1)C(=O)Nc1sc2c(c1C#N)CCCCC2. The second-order valence-corrected chi connectivity index (χ2v) is 9.39. The number of aryl methyl sites for hydroxylation is 1. The number of fused-ring (bicyclic) bond motifs is 1. The van der Waals surface area contributed by atoms with Crippen molar-refractivity contribution in [1.82, 2.24) is 9.55 Å². The van der Waals surface area contributed by atoms with Crippen molar-refractivity contribution in [2.75, 3.05) is 5.32 Å². The summed E-state index contributed by atoms with van der Waals surface area (Å²) < 4.78 is 2.17. The van der Waals surface area contributed by atoms with Gasteiger partial charge in [-0.15, -0.1) is 11.3 Å². The van der Waals surface area contributed by atoms with E-state index in [4.69, 9.17) is 0 Å². The van der Waals surface area contributed by atoms with Crippen LogP contribution in [0.5, 0.6) is 0 Å². The molecule has 2 aromatic rings.